The number of hydrogen-bond donors (Lipinski definition) is 1. The van der Waals surface area contributed by atoms with E-state index in [1.54, 1.807) is 10.7 Å². The molecule has 1 unspecified atom stereocenters. The van der Waals surface area contributed by atoms with E-state index in [9.17, 15) is 9.18 Å². The summed E-state index contributed by atoms with van der Waals surface area (Å²) in [7, 11) is 0. The van der Waals surface area contributed by atoms with Crippen LogP contribution in [0.5, 0.6) is 11.5 Å². The van der Waals surface area contributed by atoms with Crippen LogP contribution in [0.4, 0.5) is 16.2 Å². The van der Waals surface area contributed by atoms with Gasteiger partial charge in [-0.1, -0.05) is 45.0 Å². The van der Waals surface area contributed by atoms with Crippen LogP contribution in [0.25, 0.3) is 11.3 Å². The molecule has 12 nitrogen and oxygen atoms in total. The average molecular weight is 808 g/mol. The van der Waals surface area contributed by atoms with Gasteiger partial charge in [-0.05, 0) is 106 Å². The molecule has 2 fully saturated rings. The summed E-state index contributed by atoms with van der Waals surface area (Å²) in [5.41, 5.74) is 4.22. The molecule has 0 saturated carbocycles. The van der Waals surface area contributed by atoms with Crippen molar-refractivity contribution < 1.29 is 28.1 Å². The maximum atomic E-state index is 15.0. The maximum absolute atomic E-state index is 15.0. The van der Waals surface area contributed by atoms with Crippen LogP contribution in [0.2, 0.25) is 0 Å². The fourth-order valence-corrected chi connectivity index (χ4v) is 8.63. The predicted octanol–water partition coefficient (Wildman–Crippen LogP) is 9.46. The summed E-state index contributed by atoms with van der Waals surface area (Å²) in [6.45, 7) is 10.7. The average Bonchev–Trinajstić information content (AvgIpc) is 3.85. The molecule has 0 bridgehead atoms. The van der Waals surface area contributed by atoms with Crippen molar-refractivity contribution in [3.63, 3.8) is 0 Å². The predicted molar refractivity (Wildman–Crippen MR) is 225 cm³/mol. The maximum Gasteiger partial charge on any atom is 0.232 e. The van der Waals surface area contributed by atoms with Crippen molar-refractivity contribution in [3.8, 4) is 17.2 Å². The van der Waals surface area contributed by atoms with E-state index in [2.05, 4.69) is 76.8 Å². The number of benzene rings is 2. The van der Waals surface area contributed by atoms with Crippen molar-refractivity contribution >= 4 is 23.3 Å². The second-order valence-corrected chi connectivity index (χ2v) is 17.3. The van der Waals surface area contributed by atoms with Gasteiger partial charge in [-0.3, -0.25) is 9.20 Å². The van der Waals surface area contributed by atoms with Gasteiger partial charge in [0.1, 0.15) is 35.8 Å². The van der Waals surface area contributed by atoms with Gasteiger partial charge in [-0.2, -0.15) is 5.10 Å². The number of fused-ring (bicyclic) bond motifs is 2. The lowest BCUT2D eigenvalue weighted by Gasteiger charge is -2.33. The number of hydrogen-bond acceptors (Lipinski definition) is 9. The molecule has 59 heavy (non-hydrogen) atoms. The lowest BCUT2D eigenvalue weighted by atomic mass is 9.79. The van der Waals surface area contributed by atoms with E-state index in [1.807, 2.05) is 24.4 Å². The van der Waals surface area contributed by atoms with Gasteiger partial charge >= 0.3 is 0 Å². The number of pyridine rings is 1. The highest BCUT2D eigenvalue weighted by Gasteiger charge is 2.30. The zero-order valence-corrected chi connectivity index (χ0v) is 34.9. The number of carbonyl (C=O) groups is 1. The Balaban J connectivity index is 0.894. The van der Waals surface area contributed by atoms with E-state index < -0.39 is 5.82 Å². The highest BCUT2D eigenvalue weighted by molar-refractivity contribution is 5.90. The molecular weight excluding hydrogens is 750 g/mol. The minimum Gasteiger partial charge on any atom is -0.491 e. The summed E-state index contributed by atoms with van der Waals surface area (Å²) in [5, 5.41) is 16.9. The summed E-state index contributed by atoms with van der Waals surface area (Å²) >= 11 is 0. The van der Waals surface area contributed by atoms with Crippen LogP contribution < -0.4 is 19.7 Å². The second-order valence-electron chi connectivity index (χ2n) is 17.3. The standard InChI is InChI=1S/C46H58FN7O5/c1-31-12-7-9-22-52(31)45-50-49-41-21-19-35(30-53(41)45)59-39-20-18-32(37-14-5-6-15-38(37)39)13-11-16-43(55)48-42-29-40(46(2,3)4)51-54(42)34-26-33(47)27-36(28-34)56-24-25-58-44-17-8-10-23-57-44/h5-6,14-15,19,21,26-32,39,44H,7-13,16-18,20,22-25H2,1-4H3,(H,48,55)/t31-,32-,39+,44?/m0/s1. The summed E-state index contributed by atoms with van der Waals surface area (Å²) < 4.78 is 42.6. The van der Waals surface area contributed by atoms with Crippen LogP contribution in [0.3, 0.4) is 0 Å². The Morgan fingerprint density at radius 3 is 2.59 bits per heavy atom. The van der Waals surface area contributed by atoms with Crippen molar-refractivity contribution in [1.82, 2.24) is 24.4 Å². The van der Waals surface area contributed by atoms with Crippen LogP contribution in [0.15, 0.2) is 66.9 Å². The number of amides is 1. The summed E-state index contributed by atoms with van der Waals surface area (Å²) in [4.78, 5) is 15.9. The Kier molecular flexibility index (Phi) is 12.5. The SMILES string of the molecule is C[C@H]1CCCCN1c1nnc2ccc(O[C@@H]3CC[C@H](CCCC(=O)Nc4cc(C(C)(C)C)nn4-c4cc(F)cc(OCCOC5CCCCO5)c4)c4ccccc43)cn12. The number of piperidine rings is 1. The zero-order valence-electron chi connectivity index (χ0n) is 34.9. The highest BCUT2D eigenvalue weighted by Crippen LogP contribution is 2.42. The van der Waals surface area contributed by atoms with Gasteiger partial charge in [0.05, 0.1) is 24.2 Å². The number of ether oxygens (including phenoxy) is 4. The monoisotopic (exact) mass is 807 g/mol. The van der Waals surface area contributed by atoms with Crippen molar-refractivity contribution in [2.45, 2.75) is 128 Å². The molecule has 2 aromatic carbocycles. The summed E-state index contributed by atoms with van der Waals surface area (Å²) in [6, 6.07) is 19.3. The summed E-state index contributed by atoms with van der Waals surface area (Å²) in [5.74, 6) is 2.24. The molecule has 13 heteroatoms. The molecule has 2 saturated heterocycles. The smallest absolute Gasteiger partial charge is 0.232 e. The number of aromatic nitrogens is 5. The number of halogens is 1. The van der Waals surface area contributed by atoms with Crippen LogP contribution in [0, 0.1) is 5.82 Å². The van der Waals surface area contributed by atoms with E-state index in [0.29, 0.717) is 55.3 Å². The topological polar surface area (TPSA) is 117 Å². The minimum absolute atomic E-state index is 0.0763. The highest BCUT2D eigenvalue weighted by atomic mass is 19.1. The molecule has 8 rings (SSSR count). The number of rotatable bonds is 14. The first kappa shape index (κ1) is 40.8. The van der Waals surface area contributed by atoms with Crippen LogP contribution in [0.1, 0.15) is 127 Å². The lowest BCUT2D eigenvalue weighted by Crippen LogP contribution is -2.38. The van der Waals surface area contributed by atoms with E-state index in [-0.39, 0.29) is 30.3 Å². The van der Waals surface area contributed by atoms with Gasteiger partial charge < -0.3 is 29.2 Å². The molecule has 5 aromatic rings. The first-order valence-corrected chi connectivity index (χ1v) is 21.5. The van der Waals surface area contributed by atoms with Gasteiger partial charge in [-0.15, -0.1) is 10.2 Å². The van der Waals surface area contributed by atoms with Crippen molar-refractivity contribution in [2.24, 2.45) is 0 Å². The van der Waals surface area contributed by atoms with E-state index in [1.165, 1.54) is 29.7 Å². The van der Waals surface area contributed by atoms with Gasteiger partial charge in [0.15, 0.2) is 11.9 Å². The molecule has 1 N–H and O–H groups in total. The third kappa shape index (κ3) is 9.73. The van der Waals surface area contributed by atoms with Gasteiger partial charge in [-0.25, -0.2) is 9.07 Å². The van der Waals surface area contributed by atoms with Crippen LogP contribution in [-0.4, -0.2) is 69.0 Å². The zero-order chi connectivity index (χ0) is 40.9. The first-order valence-electron chi connectivity index (χ1n) is 21.5. The lowest BCUT2D eigenvalue weighted by molar-refractivity contribution is -0.165. The molecule has 314 valence electrons. The van der Waals surface area contributed by atoms with Crippen molar-refractivity contribution in [2.75, 3.05) is 36.6 Å². The number of nitrogens with one attached hydrogen (secondary N) is 1. The number of anilines is 2. The molecule has 3 aromatic heterocycles. The molecule has 1 aliphatic carbocycles. The molecule has 0 radical (unpaired) electrons. The van der Waals surface area contributed by atoms with Crippen molar-refractivity contribution in [1.29, 1.82) is 0 Å². The Labute approximate surface area is 346 Å². The molecular formula is C46H58FN7O5. The molecule has 2 aliphatic heterocycles. The number of nitrogens with zero attached hydrogens (tertiary/aromatic N) is 6. The molecule has 1 amide bonds. The van der Waals surface area contributed by atoms with Crippen LogP contribution >= 0.6 is 0 Å². The molecule has 4 atom stereocenters. The van der Waals surface area contributed by atoms with E-state index in [4.69, 9.17) is 24.0 Å². The normalized spacial score (nSPS) is 21.0. The van der Waals surface area contributed by atoms with Gasteiger partial charge in [0, 0.05) is 49.2 Å². The van der Waals surface area contributed by atoms with E-state index >= 15 is 0 Å². The molecule has 3 aliphatic rings. The third-order valence-corrected chi connectivity index (χ3v) is 11.9. The second kappa shape index (κ2) is 18.1. The molecule has 5 heterocycles. The Hall–Kier alpha value is -5.01. The van der Waals surface area contributed by atoms with E-state index in [0.717, 1.165) is 81.0 Å². The minimum atomic E-state index is -0.465. The van der Waals surface area contributed by atoms with Gasteiger partial charge in [0.25, 0.3) is 0 Å². The summed E-state index contributed by atoms with van der Waals surface area (Å²) in [6.07, 6.45) is 12.0. The fraction of sp³-hybridized carbons (Fsp3) is 0.522. The van der Waals surface area contributed by atoms with Gasteiger partial charge in [0.2, 0.25) is 11.9 Å². The Bertz CT molecular complexity index is 2210. The Morgan fingerprint density at radius 2 is 1.78 bits per heavy atom. The van der Waals surface area contributed by atoms with Crippen LogP contribution in [-0.2, 0) is 19.7 Å². The first-order chi connectivity index (χ1) is 28.6. The van der Waals surface area contributed by atoms with Crippen molar-refractivity contribution in [3.05, 3.63) is 89.5 Å². The largest absolute Gasteiger partial charge is 0.491 e. The quantitative estimate of drug-likeness (QED) is 0.110. The number of carbonyl (C=O) groups excluding carboxylic acids is 1. The Morgan fingerprint density at radius 1 is 0.932 bits per heavy atom. The third-order valence-electron chi connectivity index (χ3n) is 11.9. The molecule has 0 spiro atoms. The fourth-order valence-electron chi connectivity index (χ4n) is 8.63.